The SMILES string of the molecule is CCCCCCCCCCc1c[n+](CCCCCCCCCC)c(CCCCCCCCCC)c(CCCCCCCCCC)c1CC. The number of nitrogens with zero attached hydrogens (tertiary/aromatic N) is 1. The normalized spacial score (nSPS) is 11.6. The Morgan fingerprint density at radius 1 is 0.333 bits per heavy atom. The van der Waals surface area contributed by atoms with E-state index in [-0.39, 0.29) is 0 Å². The van der Waals surface area contributed by atoms with Gasteiger partial charge in [-0.1, -0.05) is 208 Å². The number of unbranched alkanes of at least 4 members (excludes halogenated alkanes) is 28. The number of hydrogen-bond donors (Lipinski definition) is 0. The predicted molar refractivity (Wildman–Crippen MR) is 218 cm³/mol. The molecular formula is C47H90N+. The van der Waals surface area contributed by atoms with Crippen molar-refractivity contribution in [2.45, 2.75) is 272 Å². The van der Waals surface area contributed by atoms with Crippen molar-refractivity contribution in [3.63, 3.8) is 0 Å². The Balaban J connectivity index is 3.02. The third kappa shape index (κ3) is 23.5. The molecule has 0 saturated carbocycles. The molecule has 48 heavy (non-hydrogen) atoms. The summed E-state index contributed by atoms with van der Waals surface area (Å²) in [5, 5.41) is 0. The summed E-state index contributed by atoms with van der Waals surface area (Å²) in [5.41, 5.74) is 7.05. The van der Waals surface area contributed by atoms with Crippen LogP contribution in [0.3, 0.4) is 0 Å². The van der Waals surface area contributed by atoms with E-state index in [1.807, 2.05) is 5.56 Å². The molecule has 0 amide bonds. The second kappa shape index (κ2) is 34.6. The molecule has 0 aromatic carbocycles. The number of aryl methyl sites for hydroxylation is 2. The van der Waals surface area contributed by atoms with Gasteiger partial charge in [-0.05, 0) is 50.5 Å². The fourth-order valence-electron chi connectivity index (χ4n) is 8.06. The van der Waals surface area contributed by atoms with Crippen LogP contribution in [0.4, 0.5) is 0 Å². The fraction of sp³-hybridized carbons (Fsp3) is 0.894. The highest BCUT2D eigenvalue weighted by atomic mass is 15.0. The molecule has 282 valence electrons. The highest BCUT2D eigenvalue weighted by Gasteiger charge is 2.23. The first-order valence-corrected chi connectivity index (χ1v) is 22.8. The largest absolute Gasteiger partial charge is 0.202 e. The van der Waals surface area contributed by atoms with Gasteiger partial charge in [-0.15, -0.1) is 0 Å². The molecule has 0 unspecified atom stereocenters. The zero-order valence-electron chi connectivity index (χ0n) is 34.2. The topological polar surface area (TPSA) is 3.88 Å². The van der Waals surface area contributed by atoms with Gasteiger partial charge in [0.1, 0.15) is 6.54 Å². The molecule has 1 rings (SSSR count). The molecule has 0 aliphatic heterocycles. The van der Waals surface area contributed by atoms with Gasteiger partial charge in [0, 0.05) is 24.0 Å². The van der Waals surface area contributed by atoms with Gasteiger partial charge in [-0.2, -0.15) is 0 Å². The summed E-state index contributed by atoms with van der Waals surface area (Å²) < 4.78 is 2.83. The van der Waals surface area contributed by atoms with Crippen LogP contribution in [0.5, 0.6) is 0 Å². The molecule has 1 aromatic heterocycles. The lowest BCUT2D eigenvalue weighted by molar-refractivity contribution is -0.705. The highest BCUT2D eigenvalue weighted by Crippen LogP contribution is 2.25. The van der Waals surface area contributed by atoms with Gasteiger partial charge in [-0.25, -0.2) is 4.57 Å². The van der Waals surface area contributed by atoms with Crippen LogP contribution in [0.25, 0.3) is 0 Å². The van der Waals surface area contributed by atoms with Crippen molar-refractivity contribution in [3.8, 4) is 0 Å². The van der Waals surface area contributed by atoms with Gasteiger partial charge in [0.2, 0.25) is 0 Å². The summed E-state index contributed by atoms with van der Waals surface area (Å²) >= 11 is 0. The maximum atomic E-state index is 2.83. The van der Waals surface area contributed by atoms with Crippen LogP contribution in [-0.2, 0) is 32.2 Å². The van der Waals surface area contributed by atoms with Crippen LogP contribution in [0.1, 0.15) is 262 Å². The van der Waals surface area contributed by atoms with Gasteiger partial charge in [-0.3, -0.25) is 0 Å². The summed E-state index contributed by atoms with van der Waals surface area (Å²) in [7, 11) is 0. The second-order valence-corrected chi connectivity index (χ2v) is 15.8. The second-order valence-electron chi connectivity index (χ2n) is 15.8. The van der Waals surface area contributed by atoms with Crippen LogP contribution < -0.4 is 4.57 Å². The summed E-state index contributed by atoms with van der Waals surface area (Å²) in [6.45, 7) is 13.0. The Kier molecular flexibility index (Phi) is 32.6. The maximum Gasteiger partial charge on any atom is 0.184 e. The first-order valence-electron chi connectivity index (χ1n) is 22.8. The number of aromatic nitrogens is 1. The molecule has 1 nitrogen and oxygen atoms in total. The van der Waals surface area contributed by atoms with Crippen LogP contribution in [0.15, 0.2) is 6.20 Å². The molecule has 0 radical (unpaired) electrons. The average Bonchev–Trinajstić information content (AvgIpc) is 3.10. The molecule has 0 fully saturated rings. The number of pyridine rings is 1. The lowest BCUT2D eigenvalue weighted by Crippen LogP contribution is -2.41. The van der Waals surface area contributed by atoms with Crippen molar-refractivity contribution < 1.29 is 4.57 Å². The Labute approximate surface area is 304 Å². The van der Waals surface area contributed by atoms with Crippen molar-refractivity contribution in [3.05, 3.63) is 28.6 Å². The third-order valence-electron chi connectivity index (χ3n) is 11.2. The zero-order chi connectivity index (χ0) is 34.8. The minimum atomic E-state index is 1.22. The van der Waals surface area contributed by atoms with Gasteiger partial charge in [0.05, 0.1) is 0 Å². The lowest BCUT2D eigenvalue weighted by Gasteiger charge is -2.18. The molecule has 0 bridgehead atoms. The molecule has 0 N–H and O–H groups in total. The molecule has 0 atom stereocenters. The summed E-state index contributed by atoms with van der Waals surface area (Å²) in [4.78, 5) is 0. The van der Waals surface area contributed by atoms with Crippen molar-refractivity contribution in [1.29, 1.82) is 0 Å². The Bertz CT molecular complexity index is 810. The molecule has 1 aromatic rings. The monoisotopic (exact) mass is 669 g/mol. The first-order chi connectivity index (χ1) is 23.7. The molecule has 1 heterocycles. The van der Waals surface area contributed by atoms with Crippen LogP contribution in [0, 0.1) is 0 Å². The molecule has 0 spiro atoms. The number of hydrogen-bond acceptors (Lipinski definition) is 0. The van der Waals surface area contributed by atoms with E-state index in [1.54, 1.807) is 16.8 Å². The summed E-state index contributed by atoms with van der Waals surface area (Å²) in [5.74, 6) is 0. The minimum absolute atomic E-state index is 1.22. The summed E-state index contributed by atoms with van der Waals surface area (Å²) in [6, 6.07) is 0. The van der Waals surface area contributed by atoms with E-state index >= 15 is 0 Å². The van der Waals surface area contributed by atoms with E-state index in [9.17, 15) is 0 Å². The zero-order valence-corrected chi connectivity index (χ0v) is 34.2. The molecule has 0 aliphatic rings. The first kappa shape index (κ1) is 45.2. The molecule has 0 aliphatic carbocycles. The molecule has 1 heteroatoms. The quantitative estimate of drug-likeness (QED) is 0.0491. The van der Waals surface area contributed by atoms with Crippen molar-refractivity contribution in [2.75, 3.05) is 0 Å². The van der Waals surface area contributed by atoms with Gasteiger partial charge in [0.25, 0.3) is 0 Å². The van der Waals surface area contributed by atoms with Crippen LogP contribution in [-0.4, -0.2) is 0 Å². The summed E-state index contributed by atoms with van der Waals surface area (Å²) in [6.07, 6.45) is 53.2. The van der Waals surface area contributed by atoms with Gasteiger partial charge < -0.3 is 0 Å². The molecule has 0 saturated heterocycles. The Hall–Kier alpha value is -0.850. The van der Waals surface area contributed by atoms with E-state index in [1.165, 1.54) is 238 Å². The maximum absolute atomic E-state index is 2.83. The van der Waals surface area contributed by atoms with Crippen molar-refractivity contribution >= 4 is 0 Å². The van der Waals surface area contributed by atoms with E-state index in [2.05, 4.69) is 45.4 Å². The Morgan fingerprint density at radius 3 is 1.06 bits per heavy atom. The van der Waals surface area contributed by atoms with E-state index in [0.717, 1.165) is 0 Å². The Morgan fingerprint density at radius 2 is 0.667 bits per heavy atom. The van der Waals surface area contributed by atoms with Gasteiger partial charge >= 0.3 is 0 Å². The average molecular weight is 669 g/mol. The van der Waals surface area contributed by atoms with Crippen LogP contribution >= 0.6 is 0 Å². The smallest absolute Gasteiger partial charge is 0.184 e. The van der Waals surface area contributed by atoms with E-state index in [4.69, 9.17) is 0 Å². The van der Waals surface area contributed by atoms with Crippen molar-refractivity contribution in [2.24, 2.45) is 0 Å². The van der Waals surface area contributed by atoms with E-state index < -0.39 is 0 Å². The standard InChI is InChI=1S/C47H90N/c1-6-11-15-19-23-27-31-35-39-44-43-48(42-38-34-30-26-22-18-14-9-4)47(41-37-33-29-25-21-17-13-8-3)46(45(44)10-5)40-36-32-28-24-20-16-12-7-2/h43H,6-42H2,1-5H3/q+1. The minimum Gasteiger partial charge on any atom is -0.202 e. The van der Waals surface area contributed by atoms with Crippen LogP contribution in [0.2, 0.25) is 0 Å². The lowest BCUT2D eigenvalue weighted by atomic mass is 9.89. The van der Waals surface area contributed by atoms with Gasteiger partial charge in [0.15, 0.2) is 11.9 Å². The van der Waals surface area contributed by atoms with E-state index in [0.29, 0.717) is 0 Å². The van der Waals surface area contributed by atoms with Crippen molar-refractivity contribution in [1.82, 2.24) is 0 Å². The molecular weight excluding hydrogens is 579 g/mol. The number of rotatable bonds is 37. The predicted octanol–water partition coefficient (Wildman–Crippen LogP) is 15.7. The highest BCUT2D eigenvalue weighted by molar-refractivity contribution is 5.35. The third-order valence-corrected chi connectivity index (χ3v) is 11.2. The fourth-order valence-corrected chi connectivity index (χ4v) is 8.06.